The molecule has 8 heteroatoms. The van der Waals surface area contributed by atoms with Gasteiger partial charge in [0.2, 0.25) is 5.91 Å². The second kappa shape index (κ2) is 9.70. The molecule has 0 radical (unpaired) electrons. The van der Waals surface area contributed by atoms with Gasteiger partial charge < -0.3 is 16.0 Å². The minimum absolute atomic E-state index is 0.159. The summed E-state index contributed by atoms with van der Waals surface area (Å²) in [6.45, 7) is 2.21. The Bertz CT molecular complexity index is 503. The molecule has 3 N–H and O–H groups in total. The van der Waals surface area contributed by atoms with Crippen molar-refractivity contribution in [1.29, 1.82) is 0 Å². The Kier molecular flexibility index (Phi) is 7.93. The molecule has 0 fully saturated rings. The lowest BCUT2D eigenvalue weighted by molar-refractivity contribution is -0.132. The zero-order valence-corrected chi connectivity index (χ0v) is 12.9. The first kappa shape index (κ1) is 18.8. The van der Waals surface area contributed by atoms with Crippen LogP contribution in [0.4, 0.5) is 13.2 Å². The minimum atomic E-state index is -4.22. The number of hydrogen-bond acceptors (Lipinski definition) is 2. The molecule has 128 valence electrons. The topological polar surface area (TPSA) is 65.5 Å². The number of halogens is 3. The van der Waals surface area contributed by atoms with Gasteiger partial charge in [-0.15, -0.1) is 0 Å². The molecule has 0 aliphatic heterocycles. The van der Waals surface area contributed by atoms with E-state index in [0.717, 1.165) is 5.56 Å². The fraction of sp³-hybridized carbons (Fsp3) is 0.467. The standard InChI is InChI=1S/C15H21F3N4O/c1-2-19-14(20-9-8-15(16,17)18)22-11-13(23)21-10-12-6-4-3-5-7-12/h3-7H,2,8-11H2,1H3,(H,21,23)(H2,19,20,22). The number of carbonyl (C=O) groups excluding carboxylic acids is 1. The SMILES string of the molecule is CCNC(=NCC(=O)NCc1ccccc1)NCCC(F)(F)F. The second-order valence-electron chi connectivity index (χ2n) is 4.75. The van der Waals surface area contributed by atoms with E-state index in [9.17, 15) is 18.0 Å². The number of nitrogens with zero attached hydrogens (tertiary/aromatic N) is 1. The summed E-state index contributed by atoms with van der Waals surface area (Å²) >= 11 is 0. The van der Waals surface area contributed by atoms with Crippen molar-refractivity contribution in [2.24, 2.45) is 4.99 Å². The predicted molar refractivity (Wildman–Crippen MR) is 82.9 cm³/mol. The summed E-state index contributed by atoms with van der Waals surface area (Å²) < 4.78 is 36.3. The van der Waals surface area contributed by atoms with Crippen LogP contribution in [0.1, 0.15) is 18.9 Å². The molecule has 0 saturated carbocycles. The average molecular weight is 330 g/mol. The molecule has 0 atom stereocenters. The molecular formula is C15H21F3N4O. The van der Waals surface area contributed by atoms with Gasteiger partial charge in [0.05, 0.1) is 6.42 Å². The quantitative estimate of drug-likeness (QED) is 0.528. The molecule has 1 amide bonds. The van der Waals surface area contributed by atoms with E-state index >= 15 is 0 Å². The first-order valence-electron chi connectivity index (χ1n) is 7.30. The van der Waals surface area contributed by atoms with Gasteiger partial charge in [0.1, 0.15) is 6.54 Å². The van der Waals surface area contributed by atoms with Crippen LogP contribution in [-0.4, -0.2) is 37.7 Å². The number of guanidine groups is 1. The number of alkyl halides is 3. The Morgan fingerprint density at radius 2 is 1.83 bits per heavy atom. The predicted octanol–water partition coefficient (Wildman–Crippen LogP) is 1.81. The molecule has 1 rings (SSSR count). The van der Waals surface area contributed by atoms with Gasteiger partial charge in [0.25, 0.3) is 0 Å². The van der Waals surface area contributed by atoms with Crippen LogP contribution in [0.5, 0.6) is 0 Å². The van der Waals surface area contributed by atoms with Crippen molar-refractivity contribution in [3.63, 3.8) is 0 Å². The summed E-state index contributed by atoms with van der Waals surface area (Å²) in [5.74, 6) is -0.117. The molecule has 0 bridgehead atoms. The van der Waals surface area contributed by atoms with Crippen LogP contribution in [0.15, 0.2) is 35.3 Å². The van der Waals surface area contributed by atoms with Crippen LogP contribution in [0.2, 0.25) is 0 Å². The van der Waals surface area contributed by atoms with Gasteiger partial charge in [0, 0.05) is 19.6 Å². The molecule has 23 heavy (non-hydrogen) atoms. The number of rotatable bonds is 7. The normalized spacial score (nSPS) is 11.9. The number of carbonyl (C=O) groups is 1. The second-order valence-corrected chi connectivity index (χ2v) is 4.75. The molecule has 1 aromatic rings. The minimum Gasteiger partial charge on any atom is -0.357 e. The Labute approximate surface area is 133 Å². The van der Waals surface area contributed by atoms with Gasteiger partial charge in [-0.3, -0.25) is 4.79 Å². The zero-order chi connectivity index (χ0) is 17.1. The zero-order valence-electron chi connectivity index (χ0n) is 12.9. The Hall–Kier alpha value is -2.25. The molecule has 1 aromatic carbocycles. The molecule has 0 aromatic heterocycles. The molecule has 0 spiro atoms. The summed E-state index contributed by atoms with van der Waals surface area (Å²) in [6, 6.07) is 9.38. The molecule has 0 heterocycles. The van der Waals surface area contributed by atoms with Gasteiger partial charge in [-0.1, -0.05) is 30.3 Å². The third-order valence-electron chi connectivity index (χ3n) is 2.76. The third-order valence-corrected chi connectivity index (χ3v) is 2.76. The largest absolute Gasteiger partial charge is 0.390 e. The van der Waals surface area contributed by atoms with E-state index in [4.69, 9.17) is 0 Å². The van der Waals surface area contributed by atoms with E-state index in [1.165, 1.54) is 0 Å². The van der Waals surface area contributed by atoms with Crippen LogP contribution in [0.3, 0.4) is 0 Å². The first-order valence-corrected chi connectivity index (χ1v) is 7.30. The molecule has 5 nitrogen and oxygen atoms in total. The van der Waals surface area contributed by atoms with Crippen LogP contribution in [0.25, 0.3) is 0 Å². The smallest absolute Gasteiger partial charge is 0.357 e. The van der Waals surface area contributed by atoms with Crippen molar-refractivity contribution in [1.82, 2.24) is 16.0 Å². The fourth-order valence-electron chi connectivity index (χ4n) is 1.67. The summed E-state index contributed by atoms with van der Waals surface area (Å²) in [5, 5.41) is 8.03. The number of amides is 1. The maximum atomic E-state index is 12.1. The molecule has 0 unspecified atom stereocenters. The van der Waals surface area contributed by atoms with Crippen LogP contribution in [0, 0.1) is 0 Å². The van der Waals surface area contributed by atoms with Gasteiger partial charge in [-0.2, -0.15) is 13.2 Å². The van der Waals surface area contributed by atoms with E-state index < -0.39 is 12.6 Å². The first-order chi connectivity index (χ1) is 10.9. The highest BCUT2D eigenvalue weighted by atomic mass is 19.4. The summed E-state index contributed by atoms with van der Waals surface area (Å²) in [6.07, 6.45) is -5.19. The lowest BCUT2D eigenvalue weighted by atomic mass is 10.2. The molecule has 0 aliphatic rings. The van der Waals surface area contributed by atoms with Crippen molar-refractivity contribution < 1.29 is 18.0 Å². The van der Waals surface area contributed by atoms with Crippen molar-refractivity contribution in [3.8, 4) is 0 Å². The lowest BCUT2D eigenvalue weighted by Crippen LogP contribution is -2.39. The number of aliphatic imine (C=N–C) groups is 1. The average Bonchev–Trinajstić information content (AvgIpc) is 2.50. The third kappa shape index (κ3) is 9.38. The van der Waals surface area contributed by atoms with Gasteiger partial charge in [0.15, 0.2) is 5.96 Å². The monoisotopic (exact) mass is 330 g/mol. The number of hydrogen-bond donors (Lipinski definition) is 3. The highest BCUT2D eigenvalue weighted by Gasteiger charge is 2.26. The van der Waals surface area contributed by atoms with E-state index in [0.29, 0.717) is 13.1 Å². The van der Waals surface area contributed by atoms with E-state index in [1.807, 2.05) is 30.3 Å². The number of benzene rings is 1. The number of nitrogens with one attached hydrogen (secondary N) is 3. The summed E-state index contributed by atoms with van der Waals surface area (Å²) in [7, 11) is 0. The Morgan fingerprint density at radius 3 is 2.43 bits per heavy atom. The van der Waals surface area contributed by atoms with Crippen LogP contribution >= 0.6 is 0 Å². The summed E-state index contributed by atoms with van der Waals surface area (Å²) in [5.41, 5.74) is 0.958. The molecular weight excluding hydrogens is 309 g/mol. The molecule has 0 aliphatic carbocycles. The molecule has 0 saturated heterocycles. The van der Waals surface area contributed by atoms with Crippen LogP contribution in [-0.2, 0) is 11.3 Å². The van der Waals surface area contributed by atoms with E-state index in [-0.39, 0.29) is 25.0 Å². The fourth-order valence-corrected chi connectivity index (χ4v) is 1.67. The Morgan fingerprint density at radius 1 is 1.13 bits per heavy atom. The van der Waals surface area contributed by atoms with Gasteiger partial charge in [-0.05, 0) is 12.5 Å². The van der Waals surface area contributed by atoms with Crippen LogP contribution < -0.4 is 16.0 Å². The van der Waals surface area contributed by atoms with Crippen molar-refractivity contribution >= 4 is 11.9 Å². The highest BCUT2D eigenvalue weighted by Crippen LogP contribution is 2.17. The van der Waals surface area contributed by atoms with Crippen molar-refractivity contribution in [2.45, 2.75) is 26.1 Å². The van der Waals surface area contributed by atoms with Gasteiger partial charge >= 0.3 is 6.18 Å². The highest BCUT2D eigenvalue weighted by molar-refractivity contribution is 5.84. The van der Waals surface area contributed by atoms with E-state index in [2.05, 4.69) is 20.9 Å². The van der Waals surface area contributed by atoms with Crippen molar-refractivity contribution in [2.75, 3.05) is 19.6 Å². The van der Waals surface area contributed by atoms with Gasteiger partial charge in [-0.25, -0.2) is 4.99 Å². The van der Waals surface area contributed by atoms with E-state index in [1.54, 1.807) is 6.92 Å². The summed E-state index contributed by atoms with van der Waals surface area (Å²) in [4.78, 5) is 15.7. The maximum Gasteiger partial charge on any atom is 0.390 e. The maximum absolute atomic E-state index is 12.1. The Balaban J connectivity index is 2.38. The van der Waals surface area contributed by atoms with Crippen molar-refractivity contribution in [3.05, 3.63) is 35.9 Å². The lowest BCUT2D eigenvalue weighted by Gasteiger charge is -2.12.